The van der Waals surface area contributed by atoms with Gasteiger partial charge in [0, 0.05) is 19.0 Å². The van der Waals surface area contributed by atoms with Gasteiger partial charge in [-0.05, 0) is 19.4 Å². The molecule has 3 heteroatoms. The molecule has 1 rings (SSSR count). The molecule has 0 spiro atoms. The van der Waals surface area contributed by atoms with Crippen LogP contribution in [0.15, 0.2) is 0 Å². The third-order valence-corrected chi connectivity index (χ3v) is 2.04. The van der Waals surface area contributed by atoms with Crippen molar-refractivity contribution in [2.75, 3.05) is 6.54 Å². The fraction of sp³-hybridized carbons (Fsp3) is 0.875. The van der Waals surface area contributed by atoms with Gasteiger partial charge in [0.1, 0.15) is 0 Å². The van der Waals surface area contributed by atoms with E-state index in [0.717, 1.165) is 19.4 Å². The molecule has 0 saturated heterocycles. The van der Waals surface area contributed by atoms with Crippen LogP contribution in [-0.2, 0) is 4.79 Å². The number of hydrogen-bond acceptors (Lipinski definition) is 2. The Morgan fingerprint density at radius 2 is 2.09 bits per heavy atom. The predicted molar refractivity (Wildman–Crippen MR) is 44.3 cm³/mol. The molecule has 0 aromatic rings. The Balaban J connectivity index is 2.04. The number of rotatable bonds is 3. The van der Waals surface area contributed by atoms with Crippen molar-refractivity contribution in [3.05, 3.63) is 0 Å². The maximum atomic E-state index is 10.6. The molecule has 0 atom stereocenters. The zero-order chi connectivity index (χ0) is 8.27. The van der Waals surface area contributed by atoms with Gasteiger partial charge >= 0.3 is 0 Å². The van der Waals surface area contributed by atoms with Crippen molar-refractivity contribution in [2.24, 2.45) is 0 Å². The normalized spacial score (nSPS) is 29.3. The van der Waals surface area contributed by atoms with E-state index < -0.39 is 0 Å². The van der Waals surface area contributed by atoms with Crippen LogP contribution in [0.1, 0.15) is 26.7 Å². The van der Waals surface area contributed by atoms with E-state index in [4.69, 9.17) is 0 Å². The van der Waals surface area contributed by atoms with Crippen LogP contribution in [-0.4, -0.2) is 24.5 Å². The lowest BCUT2D eigenvalue weighted by molar-refractivity contribution is -0.120. The SMILES string of the molecule is CCNC1CC(NC(C)=O)C1. The summed E-state index contributed by atoms with van der Waals surface area (Å²) in [6.07, 6.45) is 2.18. The van der Waals surface area contributed by atoms with Gasteiger partial charge in [0.2, 0.25) is 5.91 Å². The molecule has 3 nitrogen and oxygen atoms in total. The Morgan fingerprint density at radius 1 is 1.45 bits per heavy atom. The van der Waals surface area contributed by atoms with E-state index >= 15 is 0 Å². The largest absolute Gasteiger partial charge is 0.353 e. The standard InChI is InChI=1S/C8H16N2O/c1-3-9-7-4-8(5-7)10-6(2)11/h7-9H,3-5H2,1-2H3,(H,10,11). The first-order valence-corrected chi connectivity index (χ1v) is 4.23. The highest BCUT2D eigenvalue weighted by Crippen LogP contribution is 2.19. The number of amides is 1. The molecule has 0 aromatic carbocycles. The Bertz CT molecular complexity index is 141. The summed E-state index contributed by atoms with van der Waals surface area (Å²) >= 11 is 0. The molecule has 0 bridgehead atoms. The molecule has 0 radical (unpaired) electrons. The van der Waals surface area contributed by atoms with E-state index in [9.17, 15) is 4.79 Å². The fourth-order valence-electron chi connectivity index (χ4n) is 1.48. The number of carbonyl (C=O) groups excluding carboxylic acids is 1. The van der Waals surface area contributed by atoms with Crippen molar-refractivity contribution in [3.63, 3.8) is 0 Å². The lowest BCUT2D eigenvalue weighted by Gasteiger charge is -2.35. The summed E-state index contributed by atoms with van der Waals surface area (Å²) in [6.45, 7) is 4.70. The second kappa shape index (κ2) is 3.72. The van der Waals surface area contributed by atoms with Crippen molar-refractivity contribution in [1.82, 2.24) is 10.6 Å². The zero-order valence-electron chi connectivity index (χ0n) is 7.18. The highest BCUT2D eigenvalue weighted by Gasteiger charge is 2.28. The maximum Gasteiger partial charge on any atom is 0.217 e. The minimum Gasteiger partial charge on any atom is -0.353 e. The average Bonchev–Trinajstić information content (AvgIpc) is 1.82. The summed E-state index contributed by atoms with van der Waals surface area (Å²) in [4.78, 5) is 10.6. The highest BCUT2D eigenvalue weighted by atomic mass is 16.1. The molecule has 0 unspecified atom stereocenters. The van der Waals surface area contributed by atoms with Gasteiger partial charge in [0.25, 0.3) is 0 Å². The first-order valence-electron chi connectivity index (χ1n) is 4.23. The molecule has 1 saturated carbocycles. The molecular weight excluding hydrogens is 140 g/mol. The molecule has 1 aliphatic carbocycles. The van der Waals surface area contributed by atoms with Crippen LogP contribution in [0.4, 0.5) is 0 Å². The van der Waals surface area contributed by atoms with Gasteiger partial charge in [-0.3, -0.25) is 4.79 Å². The van der Waals surface area contributed by atoms with Crippen molar-refractivity contribution in [2.45, 2.75) is 38.8 Å². The predicted octanol–water partition coefficient (Wildman–Crippen LogP) is 0.263. The summed E-state index contributed by atoms with van der Waals surface area (Å²) in [5.74, 6) is 0.0879. The molecule has 2 N–H and O–H groups in total. The van der Waals surface area contributed by atoms with Gasteiger partial charge in [0.15, 0.2) is 0 Å². The van der Waals surface area contributed by atoms with Gasteiger partial charge in [0.05, 0.1) is 0 Å². The van der Waals surface area contributed by atoms with E-state index in [-0.39, 0.29) is 5.91 Å². The monoisotopic (exact) mass is 156 g/mol. The van der Waals surface area contributed by atoms with Crippen molar-refractivity contribution in [1.29, 1.82) is 0 Å². The minimum absolute atomic E-state index is 0.0879. The van der Waals surface area contributed by atoms with Crippen LogP contribution in [0, 0.1) is 0 Å². The first kappa shape index (κ1) is 8.53. The summed E-state index contributed by atoms with van der Waals surface area (Å²) in [5, 5.41) is 6.22. The van der Waals surface area contributed by atoms with Crippen LogP contribution in [0.2, 0.25) is 0 Å². The Morgan fingerprint density at radius 3 is 2.55 bits per heavy atom. The summed E-state index contributed by atoms with van der Waals surface area (Å²) in [5.41, 5.74) is 0. The smallest absolute Gasteiger partial charge is 0.217 e. The molecule has 0 aromatic heterocycles. The zero-order valence-corrected chi connectivity index (χ0v) is 7.18. The minimum atomic E-state index is 0.0879. The third-order valence-electron chi connectivity index (χ3n) is 2.04. The van der Waals surface area contributed by atoms with Crippen molar-refractivity contribution < 1.29 is 4.79 Å². The molecule has 11 heavy (non-hydrogen) atoms. The van der Waals surface area contributed by atoms with Crippen molar-refractivity contribution in [3.8, 4) is 0 Å². The summed E-state index contributed by atoms with van der Waals surface area (Å²) < 4.78 is 0. The van der Waals surface area contributed by atoms with Crippen LogP contribution in [0.3, 0.4) is 0 Å². The van der Waals surface area contributed by atoms with Crippen LogP contribution in [0.5, 0.6) is 0 Å². The highest BCUT2D eigenvalue weighted by molar-refractivity contribution is 5.73. The Hall–Kier alpha value is -0.570. The molecule has 1 fully saturated rings. The second-order valence-electron chi connectivity index (χ2n) is 3.12. The number of carbonyl (C=O) groups is 1. The van der Waals surface area contributed by atoms with Gasteiger partial charge in [-0.2, -0.15) is 0 Å². The van der Waals surface area contributed by atoms with Crippen LogP contribution >= 0.6 is 0 Å². The molecule has 0 heterocycles. The lowest BCUT2D eigenvalue weighted by Crippen LogP contribution is -2.51. The molecule has 1 aliphatic rings. The average molecular weight is 156 g/mol. The number of hydrogen-bond donors (Lipinski definition) is 2. The van der Waals surface area contributed by atoms with Crippen LogP contribution < -0.4 is 10.6 Å². The molecule has 0 aliphatic heterocycles. The van der Waals surface area contributed by atoms with E-state index in [1.807, 2.05) is 0 Å². The molecule has 1 amide bonds. The van der Waals surface area contributed by atoms with Crippen LogP contribution in [0.25, 0.3) is 0 Å². The van der Waals surface area contributed by atoms with E-state index in [1.165, 1.54) is 0 Å². The van der Waals surface area contributed by atoms with Gasteiger partial charge in [-0.1, -0.05) is 6.92 Å². The topological polar surface area (TPSA) is 41.1 Å². The lowest BCUT2D eigenvalue weighted by atomic mass is 9.87. The quantitative estimate of drug-likeness (QED) is 0.615. The van der Waals surface area contributed by atoms with Gasteiger partial charge < -0.3 is 10.6 Å². The van der Waals surface area contributed by atoms with E-state index in [0.29, 0.717) is 12.1 Å². The van der Waals surface area contributed by atoms with E-state index in [2.05, 4.69) is 17.6 Å². The van der Waals surface area contributed by atoms with E-state index in [1.54, 1.807) is 6.92 Å². The fourth-order valence-corrected chi connectivity index (χ4v) is 1.48. The molecule has 64 valence electrons. The number of nitrogens with one attached hydrogen (secondary N) is 2. The Labute approximate surface area is 67.5 Å². The second-order valence-corrected chi connectivity index (χ2v) is 3.12. The summed E-state index contributed by atoms with van der Waals surface area (Å²) in [6, 6.07) is 1.06. The molecular formula is C8H16N2O. The maximum absolute atomic E-state index is 10.6. The third kappa shape index (κ3) is 2.50. The van der Waals surface area contributed by atoms with Gasteiger partial charge in [-0.25, -0.2) is 0 Å². The summed E-state index contributed by atoms with van der Waals surface area (Å²) in [7, 11) is 0. The Kier molecular flexibility index (Phi) is 2.88. The van der Waals surface area contributed by atoms with Gasteiger partial charge in [-0.15, -0.1) is 0 Å². The first-order chi connectivity index (χ1) is 5.22. The van der Waals surface area contributed by atoms with Crippen molar-refractivity contribution >= 4 is 5.91 Å².